The molecule has 15 heavy (non-hydrogen) atoms. The fourth-order valence-electron chi connectivity index (χ4n) is 1.92. The Morgan fingerprint density at radius 2 is 1.87 bits per heavy atom. The monoisotopic (exact) mass is 210 g/mol. The molecule has 1 rings (SSSR count). The minimum Gasteiger partial charge on any atom is -0.366 e. The lowest BCUT2D eigenvalue weighted by Crippen LogP contribution is -2.25. The van der Waals surface area contributed by atoms with Gasteiger partial charge in [0, 0.05) is 12.1 Å². The van der Waals surface area contributed by atoms with Crippen LogP contribution in [0.25, 0.3) is 0 Å². The van der Waals surface area contributed by atoms with Gasteiger partial charge in [0.25, 0.3) is 0 Å². The van der Waals surface area contributed by atoms with Crippen LogP contribution in [-0.4, -0.2) is 30.4 Å². The van der Waals surface area contributed by atoms with Crippen molar-refractivity contribution < 1.29 is 4.79 Å². The first kappa shape index (κ1) is 12.2. The van der Waals surface area contributed by atoms with Gasteiger partial charge in [0.2, 0.25) is 5.91 Å². The van der Waals surface area contributed by atoms with Crippen LogP contribution in [0.2, 0.25) is 0 Å². The third-order valence-electron chi connectivity index (χ3n) is 2.98. The highest BCUT2D eigenvalue weighted by atomic mass is 16.1. The van der Waals surface area contributed by atoms with Crippen LogP contribution >= 0.6 is 0 Å². The Morgan fingerprint density at radius 3 is 2.40 bits per heavy atom. The minimum atomic E-state index is -0.300. The van der Waals surface area contributed by atoms with Crippen molar-refractivity contribution in [2.75, 3.05) is 19.6 Å². The summed E-state index contributed by atoms with van der Waals surface area (Å²) in [6, 6.07) is 0. The van der Waals surface area contributed by atoms with Gasteiger partial charge in [-0.05, 0) is 39.3 Å². The van der Waals surface area contributed by atoms with E-state index in [2.05, 4.69) is 4.90 Å². The molecular weight excluding hydrogens is 188 g/mol. The molecule has 86 valence electrons. The molecule has 0 aliphatic carbocycles. The van der Waals surface area contributed by atoms with Crippen molar-refractivity contribution >= 4 is 5.91 Å². The fourth-order valence-corrected chi connectivity index (χ4v) is 1.92. The number of hydrogen-bond donors (Lipinski definition) is 1. The number of carbonyl (C=O) groups excluding carboxylic acids is 1. The Labute approximate surface area is 92.3 Å². The van der Waals surface area contributed by atoms with Gasteiger partial charge in [0.15, 0.2) is 0 Å². The lowest BCUT2D eigenvalue weighted by Gasteiger charge is -2.18. The molecule has 0 radical (unpaired) electrons. The van der Waals surface area contributed by atoms with E-state index in [1.165, 1.54) is 38.8 Å². The maximum atomic E-state index is 10.8. The SMILES string of the molecule is CC(=CCCN1CCCCCC1)C(N)=O. The number of primary amides is 1. The fraction of sp³-hybridized carbons (Fsp3) is 0.750. The van der Waals surface area contributed by atoms with Crippen molar-refractivity contribution in [3.8, 4) is 0 Å². The number of carbonyl (C=O) groups is 1. The summed E-state index contributed by atoms with van der Waals surface area (Å²) in [6.07, 6.45) is 8.26. The minimum absolute atomic E-state index is 0.300. The first-order valence-corrected chi connectivity index (χ1v) is 5.89. The van der Waals surface area contributed by atoms with Gasteiger partial charge in [-0.25, -0.2) is 0 Å². The molecule has 3 nitrogen and oxygen atoms in total. The molecule has 1 amide bonds. The number of hydrogen-bond acceptors (Lipinski definition) is 2. The zero-order valence-corrected chi connectivity index (χ0v) is 9.67. The van der Waals surface area contributed by atoms with Crippen LogP contribution in [0.15, 0.2) is 11.6 Å². The van der Waals surface area contributed by atoms with Crippen molar-refractivity contribution in [1.82, 2.24) is 4.90 Å². The third-order valence-corrected chi connectivity index (χ3v) is 2.98. The maximum absolute atomic E-state index is 10.8. The van der Waals surface area contributed by atoms with Crippen LogP contribution in [-0.2, 0) is 4.79 Å². The Balaban J connectivity index is 2.23. The Bertz CT molecular complexity index is 228. The summed E-state index contributed by atoms with van der Waals surface area (Å²) in [6.45, 7) is 5.27. The van der Waals surface area contributed by atoms with Crippen molar-refractivity contribution in [1.29, 1.82) is 0 Å². The van der Waals surface area contributed by atoms with Gasteiger partial charge in [0.05, 0.1) is 0 Å². The average Bonchev–Trinajstić information content (AvgIpc) is 2.46. The van der Waals surface area contributed by atoms with Crippen molar-refractivity contribution in [3.63, 3.8) is 0 Å². The normalized spacial score (nSPS) is 19.9. The molecular formula is C12H22N2O. The van der Waals surface area contributed by atoms with Gasteiger partial charge in [-0.1, -0.05) is 18.9 Å². The molecule has 1 saturated heterocycles. The average molecular weight is 210 g/mol. The highest BCUT2D eigenvalue weighted by Gasteiger charge is 2.07. The van der Waals surface area contributed by atoms with E-state index in [4.69, 9.17) is 5.73 Å². The molecule has 0 aromatic carbocycles. The quantitative estimate of drug-likeness (QED) is 0.718. The van der Waals surface area contributed by atoms with Gasteiger partial charge in [-0.15, -0.1) is 0 Å². The van der Waals surface area contributed by atoms with Crippen LogP contribution in [0.4, 0.5) is 0 Å². The molecule has 0 atom stereocenters. The zero-order chi connectivity index (χ0) is 11.1. The standard InChI is InChI=1S/C12H22N2O/c1-11(12(13)15)7-6-10-14-8-4-2-3-5-9-14/h7H,2-6,8-10H2,1H3,(H2,13,15). The number of nitrogens with zero attached hydrogens (tertiary/aromatic N) is 1. The van der Waals surface area contributed by atoms with Crippen LogP contribution in [0.5, 0.6) is 0 Å². The second kappa shape index (κ2) is 6.62. The number of rotatable bonds is 4. The predicted molar refractivity (Wildman–Crippen MR) is 62.5 cm³/mol. The van der Waals surface area contributed by atoms with E-state index in [1.807, 2.05) is 6.08 Å². The summed E-state index contributed by atoms with van der Waals surface area (Å²) in [5.74, 6) is -0.300. The summed E-state index contributed by atoms with van der Waals surface area (Å²) < 4.78 is 0. The Hall–Kier alpha value is -0.830. The molecule has 1 aliphatic rings. The lowest BCUT2D eigenvalue weighted by atomic mass is 10.2. The third kappa shape index (κ3) is 4.98. The molecule has 2 N–H and O–H groups in total. The van der Waals surface area contributed by atoms with Gasteiger partial charge >= 0.3 is 0 Å². The van der Waals surface area contributed by atoms with E-state index in [1.54, 1.807) is 6.92 Å². The van der Waals surface area contributed by atoms with E-state index >= 15 is 0 Å². The van der Waals surface area contributed by atoms with Gasteiger partial charge in [-0.3, -0.25) is 4.79 Å². The molecule has 0 spiro atoms. The first-order chi connectivity index (χ1) is 7.20. The molecule has 1 heterocycles. The molecule has 1 aliphatic heterocycles. The van der Waals surface area contributed by atoms with Crippen LogP contribution in [0.1, 0.15) is 39.0 Å². The van der Waals surface area contributed by atoms with E-state index in [0.717, 1.165) is 13.0 Å². The maximum Gasteiger partial charge on any atom is 0.244 e. The number of likely N-dealkylation sites (tertiary alicyclic amines) is 1. The smallest absolute Gasteiger partial charge is 0.244 e. The van der Waals surface area contributed by atoms with E-state index in [9.17, 15) is 4.79 Å². The highest BCUT2D eigenvalue weighted by Crippen LogP contribution is 2.10. The van der Waals surface area contributed by atoms with E-state index in [0.29, 0.717) is 5.57 Å². The summed E-state index contributed by atoms with van der Waals surface area (Å²) >= 11 is 0. The van der Waals surface area contributed by atoms with Gasteiger partial charge in [0.1, 0.15) is 0 Å². The van der Waals surface area contributed by atoms with Crippen LogP contribution in [0, 0.1) is 0 Å². The van der Waals surface area contributed by atoms with Crippen molar-refractivity contribution in [2.45, 2.75) is 39.0 Å². The second-order valence-corrected chi connectivity index (χ2v) is 4.30. The summed E-state index contributed by atoms with van der Waals surface area (Å²) in [7, 11) is 0. The predicted octanol–water partition coefficient (Wildman–Crippen LogP) is 1.68. The molecule has 0 saturated carbocycles. The Morgan fingerprint density at radius 1 is 1.27 bits per heavy atom. The molecule has 0 bridgehead atoms. The molecule has 0 unspecified atom stereocenters. The van der Waals surface area contributed by atoms with Gasteiger partial charge < -0.3 is 10.6 Å². The topological polar surface area (TPSA) is 46.3 Å². The number of amides is 1. The molecule has 1 fully saturated rings. The first-order valence-electron chi connectivity index (χ1n) is 5.89. The number of nitrogens with two attached hydrogens (primary N) is 1. The summed E-state index contributed by atoms with van der Waals surface area (Å²) in [5.41, 5.74) is 5.84. The van der Waals surface area contributed by atoms with Crippen LogP contribution < -0.4 is 5.73 Å². The second-order valence-electron chi connectivity index (χ2n) is 4.30. The van der Waals surface area contributed by atoms with Crippen molar-refractivity contribution in [2.24, 2.45) is 5.73 Å². The van der Waals surface area contributed by atoms with Crippen molar-refractivity contribution in [3.05, 3.63) is 11.6 Å². The lowest BCUT2D eigenvalue weighted by molar-refractivity contribution is -0.114. The molecule has 0 aromatic heterocycles. The summed E-state index contributed by atoms with van der Waals surface area (Å²) in [5, 5.41) is 0. The highest BCUT2D eigenvalue weighted by molar-refractivity contribution is 5.91. The molecule has 3 heteroatoms. The van der Waals surface area contributed by atoms with E-state index in [-0.39, 0.29) is 5.91 Å². The van der Waals surface area contributed by atoms with Gasteiger partial charge in [-0.2, -0.15) is 0 Å². The summed E-state index contributed by atoms with van der Waals surface area (Å²) in [4.78, 5) is 13.3. The van der Waals surface area contributed by atoms with E-state index < -0.39 is 0 Å². The molecule has 0 aromatic rings. The Kier molecular flexibility index (Phi) is 5.40. The largest absolute Gasteiger partial charge is 0.366 e. The van der Waals surface area contributed by atoms with Crippen LogP contribution in [0.3, 0.4) is 0 Å². The zero-order valence-electron chi connectivity index (χ0n) is 9.67.